The van der Waals surface area contributed by atoms with Gasteiger partial charge >= 0.3 is 0 Å². The number of allylic oxidation sites excluding steroid dienone is 2. The lowest BCUT2D eigenvalue weighted by Gasteiger charge is -2.28. The summed E-state index contributed by atoms with van der Waals surface area (Å²) in [5, 5.41) is 6.14. The van der Waals surface area contributed by atoms with E-state index in [-0.39, 0.29) is 6.04 Å². The van der Waals surface area contributed by atoms with Crippen molar-refractivity contribution < 1.29 is 0 Å². The van der Waals surface area contributed by atoms with Crippen LogP contribution in [0, 0.1) is 5.92 Å². The standard InChI is InChI=1S/C10H14N4/c1-7(2)9-4-5-11-10-13-8(3)6-12-14(9)10/h4-8H,1-3H3. The number of hydrogen-bond acceptors (Lipinski definition) is 4. The summed E-state index contributed by atoms with van der Waals surface area (Å²) in [6.07, 6.45) is 5.61. The molecule has 0 aromatic heterocycles. The second kappa shape index (κ2) is 3.36. The molecule has 0 bridgehead atoms. The van der Waals surface area contributed by atoms with Crippen molar-refractivity contribution in [1.82, 2.24) is 5.01 Å². The van der Waals surface area contributed by atoms with Crippen molar-refractivity contribution in [2.45, 2.75) is 26.8 Å². The highest BCUT2D eigenvalue weighted by atomic mass is 15.5. The van der Waals surface area contributed by atoms with Gasteiger partial charge in [0.15, 0.2) is 0 Å². The van der Waals surface area contributed by atoms with Crippen LogP contribution in [0.1, 0.15) is 20.8 Å². The maximum Gasteiger partial charge on any atom is 0.246 e. The van der Waals surface area contributed by atoms with Gasteiger partial charge in [-0.1, -0.05) is 13.8 Å². The molecule has 2 aliphatic rings. The molecule has 0 fully saturated rings. The minimum absolute atomic E-state index is 0.130. The van der Waals surface area contributed by atoms with Gasteiger partial charge in [-0.2, -0.15) is 5.10 Å². The first-order valence-corrected chi connectivity index (χ1v) is 4.85. The van der Waals surface area contributed by atoms with Crippen molar-refractivity contribution in [2.24, 2.45) is 21.0 Å². The van der Waals surface area contributed by atoms with Crippen LogP contribution in [-0.4, -0.2) is 29.4 Å². The summed E-state index contributed by atoms with van der Waals surface area (Å²) in [6, 6.07) is 0.130. The fourth-order valence-corrected chi connectivity index (χ4v) is 1.44. The van der Waals surface area contributed by atoms with Crippen molar-refractivity contribution in [3.63, 3.8) is 0 Å². The Morgan fingerprint density at radius 2 is 2.21 bits per heavy atom. The van der Waals surface area contributed by atoms with Crippen molar-refractivity contribution >= 4 is 18.4 Å². The van der Waals surface area contributed by atoms with Crippen molar-refractivity contribution in [2.75, 3.05) is 0 Å². The van der Waals surface area contributed by atoms with E-state index in [0.717, 1.165) is 5.70 Å². The predicted molar refractivity (Wildman–Crippen MR) is 58.6 cm³/mol. The first-order chi connectivity index (χ1) is 6.68. The van der Waals surface area contributed by atoms with Crippen molar-refractivity contribution in [1.29, 1.82) is 0 Å². The molecule has 0 spiro atoms. The highest BCUT2D eigenvalue weighted by molar-refractivity contribution is 5.97. The molecular weight excluding hydrogens is 176 g/mol. The van der Waals surface area contributed by atoms with Crippen LogP contribution in [0.15, 0.2) is 26.9 Å². The summed E-state index contributed by atoms with van der Waals surface area (Å²) < 4.78 is 0. The van der Waals surface area contributed by atoms with Crippen LogP contribution in [0.4, 0.5) is 0 Å². The van der Waals surface area contributed by atoms with E-state index < -0.39 is 0 Å². The minimum Gasteiger partial charge on any atom is -0.240 e. The zero-order chi connectivity index (χ0) is 10.1. The highest BCUT2D eigenvalue weighted by Crippen LogP contribution is 2.21. The summed E-state index contributed by atoms with van der Waals surface area (Å²) in [5.74, 6) is 1.13. The number of hydrogen-bond donors (Lipinski definition) is 0. The summed E-state index contributed by atoms with van der Waals surface area (Å²) in [5.41, 5.74) is 1.14. The lowest BCUT2D eigenvalue weighted by atomic mass is 10.1. The van der Waals surface area contributed by atoms with Gasteiger partial charge in [0.25, 0.3) is 0 Å². The molecule has 0 radical (unpaired) electrons. The van der Waals surface area contributed by atoms with Gasteiger partial charge in [-0.3, -0.25) is 0 Å². The topological polar surface area (TPSA) is 40.3 Å². The summed E-state index contributed by atoms with van der Waals surface area (Å²) in [4.78, 5) is 8.59. The second-order valence-corrected chi connectivity index (χ2v) is 3.77. The van der Waals surface area contributed by atoms with E-state index in [1.54, 1.807) is 6.21 Å². The van der Waals surface area contributed by atoms with Gasteiger partial charge in [-0.25, -0.2) is 15.0 Å². The van der Waals surface area contributed by atoms with Crippen LogP contribution < -0.4 is 0 Å². The highest BCUT2D eigenvalue weighted by Gasteiger charge is 2.22. The molecule has 2 aliphatic heterocycles. The van der Waals surface area contributed by atoms with Gasteiger partial charge in [0.2, 0.25) is 5.96 Å². The first kappa shape index (κ1) is 9.12. The average molecular weight is 190 g/mol. The molecule has 1 unspecified atom stereocenters. The molecule has 2 heterocycles. The molecule has 0 amide bonds. The van der Waals surface area contributed by atoms with Crippen LogP contribution in [0.25, 0.3) is 0 Å². The number of guanidine groups is 1. The molecule has 0 aliphatic carbocycles. The third-order valence-corrected chi connectivity index (χ3v) is 2.18. The number of rotatable bonds is 1. The molecule has 0 saturated carbocycles. The average Bonchev–Trinajstić information content (AvgIpc) is 2.16. The molecule has 0 aromatic carbocycles. The van der Waals surface area contributed by atoms with Crippen molar-refractivity contribution in [3.05, 3.63) is 11.8 Å². The Labute approximate surface area is 83.7 Å². The number of aliphatic imine (C=N–C) groups is 2. The van der Waals surface area contributed by atoms with E-state index in [9.17, 15) is 0 Å². The molecule has 0 saturated heterocycles. The summed E-state index contributed by atoms with van der Waals surface area (Å²) in [7, 11) is 0. The molecule has 14 heavy (non-hydrogen) atoms. The molecular formula is C10H14N4. The predicted octanol–water partition coefficient (Wildman–Crippen LogP) is 1.66. The number of fused-ring (bicyclic) bond motifs is 1. The zero-order valence-corrected chi connectivity index (χ0v) is 8.68. The smallest absolute Gasteiger partial charge is 0.240 e. The Morgan fingerprint density at radius 3 is 2.93 bits per heavy atom. The first-order valence-electron chi connectivity index (χ1n) is 4.85. The van der Waals surface area contributed by atoms with Gasteiger partial charge in [0.1, 0.15) is 0 Å². The van der Waals surface area contributed by atoms with E-state index in [1.165, 1.54) is 0 Å². The summed E-state index contributed by atoms with van der Waals surface area (Å²) >= 11 is 0. The minimum atomic E-state index is 0.130. The number of hydrazone groups is 1. The van der Waals surface area contributed by atoms with Gasteiger partial charge in [0.05, 0.1) is 11.7 Å². The second-order valence-electron chi connectivity index (χ2n) is 3.77. The Bertz CT molecular complexity index is 349. The normalized spacial score (nSPS) is 24.9. The third kappa shape index (κ3) is 1.47. The molecule has 74 valence electrons. The van der Waals surface area contributed by atoms with Gasteiger partial charge in [-0.15, -0.1) is 0 Å². The number of nitrogens with zero attached hydrogens (tertiary/aromatic N) is 4. The van der Waals surface area contributed by atoms with Crippen LogP contribution >= 0.6 is 0 Å². The maximum absolute atomic E-state index is 4.39. The van der Waals surface area contributed by atoms with Gasteiger partial charge in [0, 0.05) is 12.4 Å². The monoisotopic (exact) mass is 190 g/mol. The van der Waals surface area contributed by atoms with E-state index in [1.807, 2.05) is 24.2 Å². The van der Waals surface area contributed by atoms with Crippen LogP contribution in [0.5, 0.6) is 0 Å². The molecule has 0 aromatic rings. The largest absolute Gasteiger partial charge is 0.246 e. The Morgan fingerprint density at radius 1 is 1.43 bits per heavy atom. The lowest BCUT2D eigenvalue weighted by Crippen LogP contribution is -2.33. The molecule has 2 rings (SSSR count). The van der Waals surface area contributed by atoms with Crippen LogP contribution in [0.3, 0.4) is 0 Å². The maximum atomic E-state index is 4.39. The SMILES string of the molecule is CC1C=NN2C(C(C)C)=CC=NC2=N1. The molecule has 0 N–H and O–H groups in total. The van der Waals surface area contributed by atoms with E-state index in [4.69, 9.17) is 0 Å². The van der Waals surface area contributed by atoms with Gasteiger partial charge in [-0.05, 0) is 18.9 Å². The molecule has 4 nitrogen and oxygen atoms in total. The van der Waals surface area contributed by atoms with E-state index in [0.29, 0.717) is 11.9 Å². The third-order valence-electron chi connectivity index (χ3n) is 2.18. The van der Waals surface area contributed by atoms with Gasteiger partial charge < -0.3 is 0 Å². The Hall–Kier alpha value is -1.45. The molecule has 4 heteroatoms. The van der Waals surface area contributed by atoms with Crippen LogP contribution in [0.2, 0.25) is 0 Å². The fraction of sp³-hybridized carbons (Fsp3) is 0.500. The van der Waals surface area contributed by atoms with E-state index >= 15 is 0 Å². The van der Waals surface area contributed by atoms with Crippen LogP contribution in [-0.2, 0) is 0 Å². The van der Waals surface area contributed by atoms with E-state index in [2.05, 4.69) is 28.9 Å². The fourth-order valence-electron chi connectivity index (χ4n) is 1.44. The van der Waals surface area contributed by atoms with Crippen molar-refractivity contribution in [3.8, 4) is 0 Å². The quantitative estimate of drug-likeness (QED) is 0.619. The lowest BCUT2D eigenvalue weighted by molar-refractivity contribution is 0.461. The Balaban J connectivity index is 2.33. The zero-order valence-electron chi connectivity index (χ0n) is 8.68. The Kier molecular flexibility index (Phi) is 2.19. The molecule has 1 atom stereocenters. The summed E-state index contributed by atoms with van der Waals surface area (Å²) in [6.45, 7) is 6.27.